The summed E-state index contributed by atoms with van der Waals surface area (Å²) >= 11 is 2.13. The zero-order chi connectivity index (χ0) is 27.8. The average molecular weight is 559 g/mol. The van der Waals surface area contributed by atoms with E-state index < -0.39 is 23.9 Å². The summed E-state index contributed by atoms with van der Waals surface area (Å²) in [6.45, 7) is 9.81. The standard InChI is InChI=1S/C26H30N4O6S2/c1-7-13-30-22(16(4)36-18-11-9-17(8-2)10-12-18)28-29-26(30)37-14-19(31)27-23-20(24(32)34-5)15(3)21(38-23)25(33)35-6/h7,9-12,16H,1,8,13-14H2,2-6H3,(H,27,31). The highest BCUT2D eigenvalue weighted by Crippen LogP contribution is 2.34. The number of thioether (sulfide) groups is 1. The van der Waals surface area contributed by atoms with Crippen molar-refractivity contribution in [3.63, 3.8) is 0 Å². The quantitative estimate of drug-likeness (QED) is 0.189. The van der Waals surface area contributed by atoms with E-state index in [0.29, 0.717) is 23.1 Å². The number of anilines is 1. The molecule has 1 aromatic carbocycles. The largest absolute Gasteiger partial charge is 0.483 e. The van der Waals surface area contributed by atoms with E-state index in [9.17, 15) is 14.4 Å². The summed E-state index contributed by atoms with van der Waals surface area (Å²) in [7, 11) is 2.48. The molecule has 12 heteroatoms. The Kier molecular flexibility index (Phi) is 10.1. The number of rotatable bonds is 12. The lowest BCUT2D eigenvalue weighted by molar-refractivity contribution is -0.113. The van der Waals surface area contributed by atoms with Crippen molar-refractivity contribution in [3.8, 4) is 5.75 Å². The van der Waals surface area contributed by atoms with Gasteiger partial charge in [-0.3, -0.25) is 9.36 Å². The zero-order valence-electron chi connectivity index (χ0n) is 21.9. The van der Waals surface area contributed by atoms with Crippen LogP contribution in [0, 0.1) is 6.92 Å². The Morgan fingerprint density at radius 1 is 1.16 bits per heavy atom. The maximum Gasteiger partial charge on any atom is 0.348 e. The molecule has 0 aliphatic heterocycles. The molecule has 3 aromatic rings. The van der Waals surface area contributed by atoms with Crippen LogP contribution in [0.2, 0.25) is 0 Å². The van der Waals surface area contributed by atoms with Gasteiger partial charge in [0.1, 0.15) is 15.6 Å². The molecule has 1 N–H and O–H groups in total. The van der Waals surface area contributed by atoms with Gasteiger partial charge in [0.2, 0.25) is 5.91 Å². The molecule has 0 aliphatic carbocycles. The van der Waals surface area contributed by atoms with E-state index in [1.165, 1.54) is 31.5 Å². The van der Waals surface area contributed by atoms with Gasteiger partial charge in [-0.1, -0.05) is 36.9 Å². The zero-order valence-corrected chi connectivity index (χ0v) is 23.5. The van der Waals surface area contributed by atoms with Crippen LogP contribution in [0.1, 0.15) is 56.9 Å². The molecule has 38 heavy (non-hydrogen) atoms. The number of nitrogens with one attached hydrogen (secondary N) is 1. The lowest BCUT2D eigenvalue weighted by atomic mass is 10.1. The third-order valence-electron chi connectivity index (χ3n) is 5.56. The molecule has 0 saturated heterocycles. The molecule has 202 valence electrons. The van der Waals surface area contributed by atoms with Crippen molar-refractivity contribution in [1.29, 1.82) is 0 Å². The Hall–Kier alpha value is -3.64. The third-order valence-corrected chi connectivity index (χ3v) is 7.71. The van der Waals surface area contributed by atoms with Gasteiger partial charge in [-0.15, -0.1) is 28.1 Å². The SMILES string of the molecule is C=CCn1c(SCC(=O)Nc2sc(C(=O)OC)c(C)c2C(=O)OC)nnc1C(C)Oc1ccc(CC)cc1. The number of allylic oxidation sites excluding steroid dienone is 1. The molecule has 0 fully saturated rings. The summed E-state index contributed by atoms with van der Waals surface area (Å²) in [6.07, 6.45) is 2.26. The number of aryl methyl sites for hydroxylation is 1. The number of thiophene rings is 1. The first-order chi connectivity index (χ1) is 18.2. The van der Waals surface area contributed by atoms with E-state index in [1.54, 1.807) is 13.0 Å². The molecular formula is C26H30N4O6S2. The number of hydrogen-bond acceptors (Lipinski definition) is 10. The van der Waals surface area contributed by atoms with Crippen molar-refractivity contribution in [2.24, 2.45) is 0 Å². The van der Waals surface area contributed by atoms with Crippen LogP contribution in [-0.4, -0.2) is 52.6 Å². The number of benzene rings is 1. The molecular weight excluding hydrogens is 528 g/mol. The van der Waals surface area contributed by atoms with Crippen molar-refractivity contribution in [2.45, 2.75) is 45.0 Å². The normalized spacial score (nSPS) is 11.5. The Labute approximate surface area is 229 Å². The highest BCUT2D eigenvalue weighted by molar-refractivity contribution is 7.99. The second kappa shape index (κ2) is 13.2. The number of esters is 2. The summed E-state index contributed by atoms with van der Waals surface area (Å²) in [4.78, 5) is 37.4. The van der Waals surface area contributed by atoms with Crippen molar-refractivity contribution in [1.82, 2.24) is 14.8 Å². The van der Waals surface area contributed by atoms with E-state index >= 15 is 0 Å². The van der Waals surface area contributed by atoms with E-state index in [0.717, 1.165) is 23.5 Å². The molecule has 2 heterocycles. The van der Waals surface area contributed by atoms with E-state index in [2.05, 4.69) is 29.0 Å². The van der Waals surface area contributed by atoms with Gasteiger partial charge in [0, 0.05) is 6.54 Å². The number of carbonyl (C=O) groups excluding carboxylic acids is 3. The van der Waals surface area contributed by atoms with Gasteiger partial charge in [-0.2, -0.15) is 0 Å². The summed E-state index contributed by atoms with van der Waals surface area (Å²) in [5.41, 5.74) is 1.71. The van der Waals surface area contributed by atoms with Gasteiger partial charge >= 0.3 is 11.9 Å². The van der Waals surface area contributed by atoms with Crippen LogP contribution in [0.15, 0.2) is 42.1 Å². The van der Waals surface area contributed by atoms with Gasteiger partial charge in [-0.05, 0) is 43.5 Å². The highest BCUT2D eigenvalue weighted by Gasteiger charge is 2.27. The molecule has 1 atom stereocenters. The maximum absolute atomic E-state index is 12.8. The van der Waals surface area contributed by atoms with Gasteiger partial charge in [0.15, 0.2) is 17.1 Å². The number of aromatic nitrogens is 3. The molecule has 0 radical (unpaired) electrons. The topological polar surface area (TPSA) is 122 Å². The van der Waals surface area contributed by atoms with E-state index in [-0.39, 0.29) is 21.2 Å². The Morgan fingerprint density at radius 2 is 1.84 bits per heavy atom. The predicted molar refractivity (Wildman–Crippen MR) is 146 cm³/mol. The van der Waals surface area contributed by atoms with Crippen LogP contribution < -0.4 is 10.1 Å². The van der Waals surface area contributed by atoms with Crippen LogP contribution in [0.5, 0.6) is 5.75 Å². The summed E-state index contributed by atoms with van der Waals surface area (Å²) in [5, 5.41) is 12.0. The second-order valence-electron chi connectivity index (χ2n) is 8.08. The lowest BCUT2D eigenvalue weighted by Crippen LogP contribution is -2.17. The van der Waals surface area contributed by atoms with Crippen molar-refractivity contribution >= 4 is 45.9 Å². The third kappa shape index (κ3) is 6.62. The second-order valence-corrected chi connectivity index (χ2v) is 10.0. The van der Waals surface area contributed by atoms with Crippen LogP contribution in [0.25, 0.3) is 0 Å². The number of carbonyl (C=O) groups is 3. The fourth-order valence-corrected chi connectivity index (χ4v) is 5.48. The van der Waals surface area contributed by atoms with Crippen molar-refractivity contribution in [2.75, 3.05) is 25.3 Å². The lowest BCUT2D eigenvalue weighted by Gasteiger charge is -2.16. The average Bonchev–Trinajstić information content (AvgIpc) is 3.47. The monoisotopic (exact) mass is 558 g/mol. The van der Waals surface area contributed by atoms with Gasteiger partial charge in [0.05, 0.1) is 25.5 Å². The molecule has 0 saturated carbocycles. The first-order valence-electron chi connectivity index (χ1n) is 11.8. The van der Waals surface area contributed by atoms with Gasteiger partial charge < -0.3 is 19.5 Å². The molecule has 0 bridgehead atoms. The number of methoxy groups -OCH3 is 2. The molecule has 0 spiro atoms. The number of ether oxygens (including phenoxy) is 3. The number of nitrogens with zero attached hydrogens (tertiary/aromatic N) is 3. The number of hydrogen-bond donors (Lipinski definition) is 1. The minimum Gasteiger partial charge on any atom is -0.483 e. The Bertz CT molecular complexity index is 1320. The Morgan fingerprint density at radius 3 is 2.45 bits per heavy atom. The van der Waals surface area contributed by atoms with Crippen LogP contribution in [0.3, 0.4) is 0 Å². The number of amides is 1. The predicted octanol–water partition coefficient (Wildman–Crippen LogP) is 4.84. The van der Waals surface area contributed by atoms with Gasteiger partial charge in [0.25, 0.3) is 0 Å². The maximum atomic E-state index is 12.8. The minimum atomic E-state index is -0.662. The molecule has 2 aromatic heterocycles. The smallest absolute Gasteiger partial charge is 0.348 e. The summed E-state index contributed by atoms with van der Waals surface area (Å²) in [6, 6.07) is 7.88. The van der Waals surface area contributed by atoms with Crippen molar-refractivity contribution < 1.29 is 28.6 Å². The van der Waals surface area contributed by atoms with Crippen molar-refractivity contribution in [3.05, 3.63) is 64.3 Å². The molecule has 10 nitrogen and oxygen atoms in total. The molecule has 0 aliphatic rings. The fourth-order valence-electron chi connectivity index (χ4n) is 3.60. The molecule has 1 unspecified atom stereocenters. The van der Waals surface area contributed by atoms with E-state index in [4.69, 9.17) is 14.2 Å². The first kappa shape index (κ1) is 28.9. The first-order valence-corrected chi connectivity index (χ1v) is 13.6. The summed E-state index contributed by atoms with van der Waals surface area (Å²) < 4.78 is 17.5. The highest BCUT2D eigenvalue weighted by atomic mass is 32.2. The van der Waals surface area contributed by atoms with Crippen LogP contribution in [0.4, 0.5) is 5.00 Å². The van der Waals surface area contributed by atoms with Crippen LogP contribution >= 0.6 is 23.1 Å². The molecule has 3 rings (SSSR count). The van der Waals surface area contributed by atoms with E-state index in [1.807, 2.05) is 35.8 Å². The fraction of sp³-hybridized carbons (Fsp3) is 0.346. The molecule has 1 amide bonds. The van der Waals surface area contributed by atoms with Gasteiger partial charge in [-0.25, -0.2) is 9.59 Å². The minimum absolute atomic E-state index is 0.0197. The van der Waals surface area contributed by atoms with Crippen LogP contribution in [-0.2, 0) is 27.2 Å². The Balaban J connectivity index is 1.73. The summed E-state index contributed by atoms with van der Waals surface area (Å²) in [5.74, 6) is -0.366.